The second-order valence-corrected chi connectivity index (χ2v) is 7.48. The van der Waals surface area contributed by atoms with E-state index in [1.54, 1.807) is 4.90 Å². The number of hydrogen-bond donors (Lipinski definition) is 2. The number of carbonyl (C=O) groups excluding carboxylic acids is 1. The molecule has 0 atom stereocenters. The first-order valence-electron chi connectivity index (χ1n) is 10.2. The molecule has 0 saturated heterocycles. The van der Waals surface area contributed by atoms with E-state index in [2.05, 4.69) is 27.4 Å². The summed E-state index contributed by atoms with van der Waals surface area (Å²) in [7, 11) is 1.81. The summed E-state index contributed by atoms with van der Waals surface area (Å²) >= 11 is 0. The first-order chi connectivity index (χ1) is 15.1. The summed E-state index contributed by atoms with van der Waals surface area (Å²) < 4.78 is 0. The number of anilines is 1. The Kier molecular flexibility index (Phi) is 6.19. The molecule has 6 heteroatoms. The largest absolute Gasteiger partial charge is 0.365 e. The predicted molar refractivity (Wildman–Crippen MR) is 123 cm³/mol. The molecule has 0 spiro atoms. The summed E-state index contributed by atoms with van der Waals surface area (Å²) in [4.78, 5) is 23.4. The molecule has 1 aromatic heterocycles. The van der Waals surface area contributed by atoms with E-state index in [9.17, 15) is 4.79 Å². The normalized spacial score (nSPS) is 10.8. The third-order valence-corrected chi connectivity index (χ3v) is 5.18. The second-order valence-electron chi connectivity index (χ2n) is 7.48. The maximum Gasteiger partial charge on any atom is 0.253 e. The smallest absolute Gasteiger partial charge is 0.253 e. The van der Waals surface area contributed by atoms with Gasteiger partial charge in [0.05, 0.1) is 5.52 Å². The van der Waals surface area contributed by atoms with Crippen LogP contribution in [-0.2, 0) is 19.6 Å². The molecular formula is C25H25N5O. The van der Waals surface area contributed by atoms with E-state index in [1.807, 2.05) is 67.7 Å². The fourth-order valence-corrected chi connectivity index (χ4v) is 3.53. The monoisotopic (exact) mass is 411 g/mol. The summed E-state index contributed by atoms with van der Waals surface area (Å²) in [6, 6.07) is 23.6. The van der Waals surface area contributed by atoms with Crippen LogP contribution in [0.1, 0.15) is 27.0 Å². The maximum atomic E-state index is 12.9. The molecule has 0 aliphatic carbocycles. The quantitative estimate of drug-likeness (QED) is 0.481. The Balaban J connectivity index is 1.51. The minimum Gasteiger partial charge on any atom is -0.365 e. The van der Waals surface area contributed by atoms with Crippen LogP contribution < -0.4 is 11.1 Å². The molecule has 0 fully saturated rings. The lowest BCUT2D eigenvalue weighted by Gasteiger charge is -2.18. The van der Waals surface area contributed by atoms with Gasteiger partial charge in [-0.15, -0.1) is 0 Å². The van der Waals surface area contributed by atoms with Gasteiger partial charge in [0.15, 0.2) is 0 Å². The molecule has 0 aliphatic rings. The minimum absolute atomic E-state index is 0.0440. The van der Waals surface area contributed by atoms with Crippen LogP contribution >= 0.6 is 0 Å². The molecule has 0 radical (unpaired) electrons. The number of nitrogens with zero attached hydrogens (tertiary/aromatic N) is 3. The zero-order valence-corrected chi connectivity index (χ0v) is 17.5. The van der Waals surface area contributed by atoms with Gasteiger partial charge >= 0.3 is 0 Å². The number of nitrogens with one attached hydrogen (secondary N) is 1. The van der Waals surface area contributed by atoms with Gasteiger partial charge < -0.3 is 16.0 Å². The van der Waals surface area contributed by atoms with Crippen LogP contribution in [0.15, 0.2) is 79.1 Å². The third kappa shape index (κ3) is 4.87. The van der Waals surface area contributed by atoms with Crippen LogP contribution in [0.2, 0.25) is 0 Å². The van der Waals surface area contributed by atoms with E-state index in [0.717, 1.165) is 33.4 Å². The van der Waals surface area contributed by atoms with E-state index in [4.69, 9.17) is 5.73 Å². The number of hydrogen-bond acceptors (Lipinski definition) is 5. The van der Waals surface area contributed by atoms with Crippen molar-refractivity contribution in [2.24, 2.45) is 5.73 Å². The molecule has 0 aliphatic heterocycles. The molecule has 156 valence electrons. The summed E-state index contributed by atoms with van der Waals surface area (Å²) in [6.07, 6.45) is 1.52. The van der Waals surface area contributed by atoms with Gasteiger partial charge in [0.2, 0.25) is 0 Å². The number of fused-ring (bicyclic) bond motifs is 1. The number of rotatable bonds is 7. The van der Waals surface area contributed by atoms with E-state index in [0.29, 0.717) is 25.2 Å². The highest BCUT2D eigenvalue weighted by atomic mass is 16.2. The number of nitrogens with two attached hydrogens (primary N) is 1. The van der Waals surface area contributed by atoms with Crippen LogP contribution in [-0.4, -0.2) is 27.8 Å². The summed E-state index contributed by atoms with van der Waals surface area (Å²) in [5.41, 5.74) is 10.4. The lowest BCUT2D eigenvalue weighted by Crippen LogP contribution is -2.26. The van der Waals surface area contributed by atoms with E-state index in [1.165, 1.54) is 6.33 Å². The number of aromatic nitrogens is 2. The topological polar surface area (TPSA) is 84.1 Å². The van der Waals surface area contributed by atoms with Gasteiger partial charge in [0, 0.05) is 37.6 Å². The molecule has 4 rings (SSSR count). The van der Waals surface area contributed by atoms with Crippen molar-refractivity contribution in [1.29, 1.82) is 0 Å². The number of benzene rings is 3. The highest BCUT2D eigenvalue weighted by molar-refractivity contribution is 5.99. The molecule has 3 aromatic carbocycles. The summed E-state index contributed by atoms with van der Waals surface area (Å²) in [6.45, 7) is 1.69. The fraction of sp³-hybridized carbons (Fsp3) is 0.160. The summed E-state index contributed by atoms with van der Waals surface area (Å²) in [5.74, 6) is 0.692. The Morgan fingerprint density at radius 3 is 2.52 bits per heavy atom. The number of carbonyl (C=O) groups is 1. The van der Waals surface area contributed by atoms with Gasteiger partial charge in [-0.05, 0) is 34.9 Å². The zero-order chi connectivity index (χ0) is 21.6. The molecule has 31 heavy (non-hydrogen) atoms. The van der Waals surface area contributed by atoms with Crippen molar-refractivity contribution in [3.63, 3.8) is 0 Å². The fourth-order valence-electron chi connectivity index (χ4n) is 3.53. The van der Waals surface area contributed by atoms with Crippen LogP contribution in [0.3, 0.4) is 0 Å². The van der Waals surface area contributed by atoms with E-state index >= 15 is 0 Å². The van der Waals surface area contributed by atoms with Crippen molar-refractivity contribution in [1.82, 2.24) is 14.9 Å². The standard InChI is InChI=1S/C25H25N5O/c1-30(16-18-6-3-2-4-7-18)25(31)21-10-11-22-23(13-21)28-17-29-24(22)27-15-20-9-5-8-19(12-20)14-26/h2-13,17H,14-16,26H2,1H3,(H,27,28,29). The average Bonchev–Trinajstić information content (AvgIpc) is 2.82. The van der Waals surface area contributed by atoms with E-state index < -0.39 is 0 Å². The predicted octanol–water partition coefficient (Wildman–Crippen LogP) is 3.97. The van der Waals surface area contributed by atoms with Gasteiger partial charge in [0.25, 0.3) is 5.91 Å². The van der Waals surface area contributed by atoms with E-state index in [-0.39, 0.29) is 5.91 Å². The van der Waals surface area contributed by atoms with Crippen LogP contribution in [0.5, 0.6) is 0 Å². The molecule has 1 heterocycles. The van der Waals surface area contributed by atoms with Crippen LogP contribution in [0, 0.1) is 0 Å². The second kappa shape index (κ2) is 9.36. The van der Waals surface area contributed by atoms with Gasteiger partial charge in [-0.3, -0.25) is 4.79 Å². The van der Waals surface area contributed by atoms with Crippen molar-refractivity contribution in [3.05, 3.63) is 101 Å². The molecule has 0 unspecified atom stereocenters. The van der Waals surface area contributed by atoms with Crippen molar-refractivity contribution in [2.75, 3.05) is 12.4 Å². The van der Waals surface area contributed by atoms with Crippen molar-refractivity contribution in [3.8, 4) is 0 Å². The zero-order valence-electron chi connectivity index (χ0n) is 17.5. The Morgan fingerprint density at radius 1 is 0.935 bits per heavy atom. The Hall–Kier alpha value is -3.77. The van der Waals surface area contributed by atoms with Gasteiger partial charge in [-0.2, -0.15) is 0 Å². The molecule has 6 nitrogen and oxygen atoms in total. The molecule has 3 N–H and O–H groups in total. The lowest BCUT2D eigenvalue weighted by atomic mass is 10.1. The molecular weight excluding hydrogens is 386 g/mol. The highest BCUT2D eigenvalue weighted by Gasteiger charge is 2.14. The lowest BCUT2D eigenvalue weighted by molar-refractivity contribution is 0.0785. The Morgan fingerprint density at radius 2 is 1.71 bits per heavy atom. The van der Waals surface area contributed by atoms with Crippen LogP contribution in [0.4, 0.5) is 5.82 Å². The summed E-state index contributed by atoms with van der Waals surface area (Å²) in [5, 5.41) is 4.25. The highest BCUT2D eigenvalue weighted by Crippen LogP contribution is 2.22. The third-order valence-electron chi connectivity index (χ3n) is 5.18. The van der Waals surface area contributed by atoms with Gasteiger partial charge in [-0.25, -0.2) is 9.97 Å². The SMILES string of the molecule is CN(Cc1ccccc1)C(=O)c1ccc2c(NCc3cccc(CN)c3)ncnc2c1. The average molecular weight is 412 g/mol. The maximum absolute atomic E-state index is 12.9. The van der Waals surface area contributed by atoms with Crippen molar-refractivity contribution < 1.29 is 4.79 Å². The Labute approximate surface area is 181 Å². The van der Waals surface area contributed by atoms with Crippen LogP contribution in [0.25, 0.3) is 10.9 Å². The van der Waals surface area contributed by atoms with Gasteiger partial charge in [0.1, 0.15) is 12.1 Å². The molecule has 1 amide bonds. The number of amides is 1. The van der Waals surface area contributed by atoms with Crippen molar-refractivity contribution in [2.45, 2.75) is 19.6 Å². The van der Waals surface area contributed by atoms with Gasteiger partial charge in [-0.1, -0.05) is 54.6 Å². The minimum atomic E-state index is -0.0440. The first-order valence-corrected chi connectivity index (χ1v) is 10.2. The molecule has 0 bridgehead atoms. The Bertz CT molecular complexity index is 1190. The van der Waals surface area contributed by atoms with Crippen molar-refractivity contribution >= 4 is 22.6 Å². The molecule has 0 saturated carbocycles. The molecule has 4 aromatic rings. The first kappa shape index (κ1) is 20.5.